The second kappa shape index (κ2) is 7.90. The predicted octanol–water partition coefficient (Wildman–Crippen LogP) is 2.22. The highest BCUT2D eigenvalue weighted by Gasteiger charge is 2.28. The first-order valence-corrected chi connectivity index (χ1v) is 9.80. The van der Waals surface area contributed by atoms with E-state index in [1.54, 1.807) is 12.4 Å². The molecule has 0 unspecified atom stereocenters. The fraction of sp³-hybridized carbons (Fsp3) is 0.500. The number of carbonyl (C=O) groups is 2. The molecule has 0 spiro atoms. The molecule has 2 aliphatic rings. The molecule has 1 fully saturated rings. The highest BCUT2D eigenvalue weighted by atomic mass is 16.2. The largest absolute Gasteiger partial charge is 0.347 e. The van der Waals surface area contributed by atoms with Crippen LogP contribution in [0.25, 0.3) is 0 Å². The summed E-state index contributed by atoms with van der Waals surface area (Å²) in [6.07, 6.45) is 10.6. The van der Waals surface area contributed by atoms with Crippen LogP contribution in [0, 0.1) is 0 Å². The number of hydrogen-bond acceptors (Lipinski definition) is 4. The summed E-state index contributed by atoms with van der Waals surface area (Å²) in [7, 11) is 0. The zero-order chi connectivity index (χ0) is 18.6. The van der Waals surface area contributed by atoms with E-state index in [0.717, 1.165) is 62.7 Å². The van der Waals surface area contributed by atoms with Gasteiger partial charge in [-0.2, -0.15) is 0 Å². The number of nitrogens with one attached hydrogen (secondary N) is 2. The summed E-state index contributed by atoms with van der Waals surface area (Å²) in [4.78, 5) is 34.0. The summed E-state index contributed by atoms with van der Waals surface area (Å²) in [6, 6.07) is 3.99. The molecule has 7 heteroatoms. The van der Waals surface area contributed by atoms with Gasteiger partial charge in [0.2, 0.25) is 0 Å². The molecule has 2 aromatic rings. The van der Waals surface area contributed by atoms with Crippen LogP contribution in [0.2, 0.25) is 0 Å². The van der Waals surface area contributed by atoms with E-state index in [1.165, 1.54) is 0 Å². The minimum atomic E-state index is -0.232. The topological polar surface area (TPSA) is 88.9 Å². The monoisotopic (exact) mass is 367 g/mol. The zero-order valence-corrected chi connectivity index (χ0v) is 15.4. The zero-order valence-electron chi connectivity index (χ0n) is 15.4. The van der Waals surface area contributed by atoms with Crippen LogP contribution in [0.3, 0.4) is 0 Å². The first-order valence-electron chi connectivity index (χ1n) is 9.80. The summed E-state index contributed by atoms with van der Waals surface area (Å²) < 4.78 is 1.94. The average molecular weight is 367 g/mol. The van der Waals surface area contributed by atoms with Crippen LogP contribution in [0.1, 0.15) is 70.9 Å². The molecule has 0 saturated heterocycles. The lowest BCUT2D eigenvalue weighted by Crippen LogP contribution is -2.35. The van der Waals surface area contributed by atoms with Crippen LogP contribution in [-0.4, -0.2) is 32.4 Å². The van der Waals surface area contributed by atoms with E-state index in [1.807, 2.05) is 16.7 Å². The number of nitrogens with zero attached hydrogens (tertiary/aromatic N) is 3. The Balaban J connectivity index is 1.52. The van der Waals surface area contributed by atoms with E-state index >= 15 is 0 Å². The Bertz CT molecular complexity index is 824. The maximum Gasteiger partial charge on any atom is 0.287 e. The average Bonchev–Trinajstić information content (AvgIpc) is 3.34. The van der Waals surface area contributed by atoms with Gasteiger partial charge in [0.25, 0.3) is 11.8 Å². The van der Waals surface area contributed by atoms with Gasteiger partial charge < -0.3 is 15.2 Å². The van der Waals surface area contributed by atoms with Crippen molar-refractivity contribution in [3.8, 4) is 0 Å². The quantitative estimate of drug-likeness (QED) is 0.848. The molecule has 4 rings (SSSR count). The lowest BCUT2D eigenvalue weighted by atomic mass is 10.1. The fourth-order valence-corrected chi connectivity index (χ4v) is 3.99. The first kappa shape index (κ1) is 17.7. The van der Waals surface area contributed by atoms with Crippen LogP contribution in [0.5, 0.6) is 0 Å². The van der Waals surface area contributed by atoms with Gasteiger partial charge in [-0.25, -0.2) is 4.98 Å². The Kier molecular flexibility index (Phi) is 5.18. The number of pyridine rings is 1. The van der Waals surface area contributed by atoms with Gasteiger partial charge in [-0.1, -0.05) is 18.9 Å². The van der Waals surface area contributed by atoms with E-state index in [4.69, 9.17) is 0 Å². The van der Waals surface area contributed by atoms with Crippen LogP contribution in [0.4, 0.5) is 0 Å². The van der Waals surface area contributed by atoms with Crippen LogP contribution < -0.4 is 10.6 Å². The minimum Gasteiger partial charge on any atom is -0.347 e. The third kappa shape index (κ3) is 3.86. The van der Waals surface area contributed by atoms with Crippen molar-refractivity contribution in [3.05, 3.63) is 47.3 Å². The molecular formula is C20H25N5O2. The number of hydrogen-bond donors (Lipinski definition) is 2. The van der Waals surface area contributed by atoms with Crippen molar-refractivity contribution >= 4 is 11.8 Å². The van der Waals surface area contributed by atoms with Crippen molar-refractivity contribution in [2.24, 2.45) is 0 Å². The Morgan fingerprint density at radius 2 is 2.00 bits per heavy atom. The van der Waals surface area contributed by atoms with E-state index in [-0.39, 0.29) is 17.9 Å². The molecule has 0 radical (unpaired) electrons. The molecule has 1 saturated carbocycles. The lowest BCUT2D eigenvalue weighted by Gasteiger charge is -2.18. The SMILES string of the molecule is O=C(NCc1cccnc1)c1nc(C(=O)NC2CCCC2)n2c1CCCC2. The Hall–Kier alpha value is -2.70. The van der Waals surface area contributed by atoms with E-state index in [9.17, 15) is 9.59 Å². The summed E-state index contributed by atoms with van der Waals surface area (Å²) in [5.74, 6) is -0.0103. The molecule has 0 aromatic carbocycles. The van der Waals surface area contributed by atoms with Gasteiger partial charge in [0.15, 0.2) is 5.82 Å². The first-order chi connectivity index (χ1) is 13.2. The second-order valence-electron chi connectivity index (χ2n) is 7.34. The van der Waals surface area contributed by atoms with Gasteiger partial charge in [0.05, 0.1) is 5.69 Å². The molecule has 142 valence electrons. The van der Waals surface area contributed by atoms with Crippen LogP contribution in [0.15, 0.2) is 24.5 Å². The fourth-order valence-electron chi connectivity index (χ4n) is 3.99. The van der Waals surface area contributed by atoms with Crippen molar-refractivity contribution in [3.63, 3.8) is 0 Å². The van der Waals surface area contributed by atoms with Gasteiger partial charge in [0, 0.05) is 31.5 Å². The van der Waals surface area contributed by atoms with Gasteiger partial charge in [0.1, 0.15) is 5.69 Å². The lowest BCUT2D eigenvalue weighted by molar-refractivity contribution is 0.0921. The summed E-state index contributed by atoms with van der Waals surface area (Å²) >= 11 is 0. The number of rotatable bonds is 5. The number of carbonyl (C=O) groups excluding carboxylic acids is 2. The molecular weight excluding hydrogens is 342 g/mol. The highest BCUT2D eigenvalue weighted by molar-refractivity contribution is 5.97. The molecule has 1 aliphatic heterocycles. The molecule has 7 nitrogen and oxygen atoms in total. The third-order valence-electron chi connectivity index (χ3n) is 5.40. The molecule has 1 aliphatic carbocycles. The Morgan fingerprint density at radius 3 is 2.78 bits per heavy atom. The maximum absolute atomic E-state index is 12.8. The van der Waals surface area contributed by atoms with Gasteiger partial charge >= 0.3 is 0 Å². The van der Waals surface area contributed by atoms with E-state index < -0.39 is 0 Å². The number of fused-ring (bicyclic) bond motifs is 1. The summed E-state index contributed by atoms with van der Waals surface area (Å²) in [6.45, 7) is 1.13. The third-order valence-corrected chi connectivity index (χ3v) is 5.40. The molecule has 2 amide bonds. The predicted molar refractivity (Wildman–Crippen MR) is 100 cm³/mol. The van der Waals surface area contributed by atoms with Crippen molar-refractivity contribution in [1.82, 2.24) is 25.2 Å². The minimum absolute atomic E-state index is 0.156. The van der Waals surface area contributed by atoms with Crippen LogP contribution in [-0.2, 0) is 19.5 Å². The van der Waals surface area contributed by atoms with E-state index in [0.29, 0.717) is 18.1 Å². The molecule has 0 bridgehead atoms. The molecule has 3 heterocycles. The van der Waals surface area contributed by atoms with Crippen LogP contribution >= 0.6 is 0 Å². The molecule has 2 aromatic heterocycles. The summed E-state index contributed by atoms with van der Waals surface area (Å²) in [5.41, 5.74) is 2.19. The standard InChI is InChI=1S/C20H25N5O2/c26-19(22-13-14-6-5-10-21-12-14)17-16-9-3-4-11-25(16)18(24-17)20(27)23-15-7-1-2-8-15/h5-6,10,12,15H,1-4,7-9,11,13H2,(H,22,26)(H,23,27). The normalized spacial score (nSPS) is 16.7. The van der Waals surface area contributed by atoms with Crippen molar-refractivity contribution in [2.75, 3.05) is 0 Å². The Labute approximate surface area is 158 Å². The smallest absolute Gasteiger partial charge is 0.287 e. The molecule has 27 heavy (non-hydrogen) atoms. The van der Waals surface area contributed by atoms with Gasteiger partial charge in [-0.3, -0.25) is 14.6 Å². The molecule has 0 atom stereocenters. The number of imidazole rings is 1. The molecule has 2 N–H and O–H groups in total. The number of amides is 2. The van der Waals surface area contributed by atoms with E-state index in [2.05, 4.69) is 20.6 Å². The van der Waals surface area contributed by atoms with Gasteiger partial charge in [-0.15, -0.1) is 0 Å². The van der Waals surface area contributed by atoms with Crippen molar-refractivity contribution in [2.45, 2.75) is 64.1 Å². The number of aromatic nitrogens is 3. The van der Waals surface area contributed by atoms with Gasteiger partial charge in [-0.05, 0) is 43.7 Å². The van der Waals surface area contributed by atoms with Crippen molar-refractivity contribution in [1.29, 1.82) is 0 Å². The Morgan fingerprint density at radius 1 is 1.15 bits per heavy atom. The van der Waals surface area contributed by atoms with Crippen molar-refractivity contribution < 1.29 is 9.59 Å². The summed E-state index contributed by atoms with van der Waals surface area (Å²) in [5, 5.41) is 6.00. The second-order valence-corrected chi connectivity index (χ2v) is 7.34. The maximum atomic E-state index is 12.8. The highest BCUT2D eigenvalue weighted by Crippen LogP contribution is 2.23.